The minimum atomic E-state index is -1.58. The van der Waals surface area contributed by atoms with Crippen molar-refractivity contribution in [2.24, 2.45) is 35.8 Å². The van der Waals surface area contributed by atoms with E-state index in [0.29, 0.717) is 0 Å². The number of alkyl halides is 7. The average Bonchev–Trinajstić information content (AvgIpc) is 3.02. The van der Waals surface area contributed by atoms with Crippen LogP contribution in [-0.4, -0.2) is 79.9 Å². The van der Waals surface area contributed by atoms with E-state index in [0.717, 1.165) is 0 Å². The first-order valence-corrected chi connectivity index (χ1v) is 15.5. The Morgan fingerprint density at radius 2 is 0.520 bits per heavy atom. The summed E-state index contributed by atoms with van der Waals surface area (Å²) < 4.78 is 0. The second-order valence-corrected chi connectivity index (χ2v) is 12.8. The number of rotatable bonds is 19. The third kappa shape index (κ3) is 21.7. The molecule has 0 saturated carbocycles. The molecule has 0 N–H and O–H groups in total. The molecule has 14 atom stereocenters. The second-order valence-electron chi connectivity index (χ2n) is 8.95. The molecule has 0 rings (SSSR count). The summed E-state index contributed by atoms with van der Waals surface area (Å²) >= 11 is 42.0. The van der Waals surface area contributed by atoms with E-state index in [1.165, 1.54) is 13.8 Å². The van der Waals surface area contributed by atoms with Crippen LogP contribution in [0.2, 0.25) is 0 Å². The van der Waals surface area contributed by atoms with Gasteiger partial charge in [0.05, 0.1) is 57.1 Å². The quantitative estimate of drug-likeness (QED) is 0.0383. The zero-order chi connectivity index (χ0) is 36.0. The maximum absolute atomic E-state index is 9.00. The van der Waals surface area contributed by atoms with Crippen LogP contribution in [0.4, 0.5) is 0 Å². The summed E-state index contributed by atoms with van der Waals surface area (Å²) in [5.41, 5.74) is 62.0. The van der Waals surface area contributed by atoms with E-state index >= 15 is 0 Å². The molecule has 0 aromatic rings. The van der Waals surface area contributed by atoms with Crippen molar-refractivity contribution in [2.45, 2.75) is 108 Å². The molecule has 0 aliphatic heterocycles. The Kier molecular flexibility index (Phi) is 43.2. The van der Waals surface area contributed by atoms with Gasteiger partial charge in [-0.25, -0.2) is 0 Å². The summed E-state index contributed by atoms with van der Waals surface area (Å²) in [5.74, 6) is 0. The predicted octanol–water partition coefficient (Wildman–Crippen LogP) is 11.2. The molecule has 2 radical (unpaired) electrons. The van der Waals surface area contributed by atoms with Gasteiger partial charge in [0.2, 0.25) is 0 Å². The fourth-order valence-electron chi connectivity index (χ4n) is 3.55. The minimum absolute atomic E-state index is 0. The van der Waals surface area contributed by atoms with E-state index in [4.69, 9.17) is 120 Å². The fraction of sp³-hybridized carbons (Fsp3) is 1.00. The zero-order valence-electron chi connectivity index (χ0n) is 26.4. The van der Waals surface area contributed by atoms with Crippen molar-refractivity contribution in [3.8, 4) is 0 Å². The van der Waals surface area contributed by atoms with Gasteiger partial charge >= 0.3 is 0 Å². The van der Waals surface area contributed by atoms with Gasteiger partial charge in [0, 0.05) is 94.3 Å². The molecule has 0 aromatic heterocycles. The van der Waals surface area contributed by atoms with Gasteiger partial charge in [0.1, 0.15) is 0 Å². The number of halogens is 7. The van der Waals surface area contributed by atoms with Crippen LogP contribution in [0.1, 0.15) is 27.7 Å². The molecule has 0 heterocycles. The molecule has 32 heteroatoms. The molecule has 0 aliphatic rings. The molecule has 14 unspecified atom stereocenters. The van der Waals surface area contributed by atoms with E-state index in [2.05, 4.69) is 70.2 Å². The summed E-state index contributed by atoms with van der Waals surface area (Å²) in [7, 11) is 0. The first-order chi connectivity index (χ1) is 21.7. The van der Waals surface area contributed by atoms with Gasteiger partial charge in [-0.3, -0.25) is 0 Å². The van der Waals surface area contributed by atoms with Crippen LogP contribution < -0.4 is 0 Å². The molecule has 0 amide bonds. The number of hydrogen-bond donors (Lipinski definition) is 0. The first-order valence-electron chi connectivity index (χ1n) is 12.4. The molecule has 278 valence electrons. The summed E-state index contributed by atoms with van der Waals surface area (Å²) in [4.78, 5) is 18.2. The van der Waals surface area contributed by atoms with E-state index in [1.807, 2.05) is 0 Å². The van der Waals surface area contributed by atoms with Crippen LogP contribution in [0.3, 0.4) is 0 Å². The normalized spacial score (nSPS) is 17.7. The van der Waals surface area contributed by atoms with Crippen molar-refractivity contribution in [3.05, 3.63) is 73.1 Å². The van der Waals surface area contributed by atoms with Crippen molar-refractivity contribution in [1.82, 2.24) is 0 Å². The molecule has 0 aromatic carbocycles. The van der Waals surface area contributed by atoms with Crippen molar-refractivity contribution in [2.75, 3.05) is 0 Å². The molecule has 21 nitrogen and oxygen atoms in total. The van der Waals surface area contributed by atoms with Gasteiger partial charge in [0.15, 0.2) is 0 Å². The monoisotopic (exact) mass is 951 g/mol. The van der Waals surface area contributed by atoms with Crippen LogP contribution in [0.25, 0.3) is 73.1 Å². The van der Waals surface area contributed by atoms with Crippen LogP contribution in [0.15, 0.2) is 35.8 Å². The van der Waals surface area contributed by atoms with Gasteiger partial charge < -0.3 is 0 Å². The maximum Gasteiger partial charge on any atom is 0.0693 e. The van der Waals surface area contributed by atoms with Gasteiger partial charge in [0.25, 0.3) is 0 Å². The summed E-state index contributed by atoms with van der Waals surface area (Å²) in [6, 6.07) is -9.58. The Bertz CT molecular complexity index is 1230. The molecule has 50 heavy (non-hydrogen) atoms. The Morgan fingerprint density at radius 3 is 0.720 bits per heavy atom. The third-order valence-electron chi connectivity index (χ3n) is 5.87. The molecule has 0 spiro atoms. The third-order valence-corrected chi connectivity index (χ3v) is 10.1. The molecule has 0 fully saturated rings. The topological polar surface area (TPSA) is 341 Å². The van der Waals surface area contributed by atoms with Crippen LogP contribution >= 0.6 is 101 Å². The second kappa shape index (κ2) is 35.3. The van der Waals surface area contributed by atoms with E-state index in [-0.39, 0.29) is 67.7 Å². The van der Waals surface area contributed by atoms with Crippen molar-refractivity contribution in [1.29, 1.82) is 0 Å². The summed E-state index contributed by atoms with van der Waals surface area (Å²) in [6.07, 6.45) is 0. The van der Waals surface area contributed by atoms with Crippen LogP contribution in [0, 0.1) is 0 Å². The smallest absolute Gasteiger partial charge is 0.0693 e. The van der Waals surface area contributed by atoms with E-state index < -0.39 is 69.2 Å². The van der Waals surface area contributed by atoms with Crippen molar-refractivity contribution >= 4 is 101 Å². The molecule has 0 aliphatic carbocycles. The Hall–Kier alpha value is -0.771. The largest absolute Gasteiger partial charge is 0.153 e. The summed E-state index contributed by atoms with van der Waals surface area (Å²) in [6.45, 7) is 6.15. The van der Waals surface area contributed by atoms with Crippen LogP contribution in [0.5, 0.6) is 0 Å². The maximum atomic E-state index is 9.00. The SMILES string of the molecule is CC(Cl)C(Cl)C(Cl)C(Cl)C(Cl)C(Cl)C(C)Cl.CC(N=[N+]=[N-])C(N=[N+]=[N-])C(N=[N+]=[N-])C(N=[N+]=[N-])C(N=[N+]=[N-])C(N=[N+]=[N-])C(C)N=[N+]=[N-].P.P.[V].[V]. The van der Waals surface area contributed by atoms with Crippen molar-refractivity contribution in [3.63, 3.8) is 0 Å². The standard InChI is InChI=1S/C9H13Cl7.C9H13N21.2H3P.2V/c1-3(10)5(12)7(14)9(16)8(15)6(13)4(2)11;1-3(17-24-10)5(19-26-12)7(21-28-14)9(23-30-16)8(22-29-15)6(20-27-13)4(2)18-25-11;;;;/h3-9H,1-2H3;3-9H,1-2H3;2*1H3;;. The number of azide groups is 7. The van der Waals surface area contributed by atoms with Gasteiger partial charge in [-0.1, -0.05) is 49.6 Å². The van der Waals surface area contributed by atoms with E-state index in [1.54, 1.807) is 13.8 Å². The van der Waals surface area contributed by atoms with Gasteiger partial charge in [-0.05, 0) is 52.6 Å². The Balaban J connectivity index is -0.000000208. The molecule has 0 saturated heterocycles. The predicted molar refractivity (Wildman–Crippen MR) is 203 cm³/mol. The molecular weight excluding hydrogens is 922 g/mol. The molecular formula is C18H32Cl7N21P2V2. The molecule has 0 bridgehead atoms. The minimum Gasteiger partial charge on any atom is -0.153 e. The number of hydrogen-bond acceptors (Lipinski definition) is 7. The fourth-order valence-corrected chi connectivity index (χ4v) is 5.61. The average molecular weight is 955 g/mol. The first kappa shape index (κ1) is 61.3. The zero-order valence-corrected chi connectivity index (χ0v) is 37.3. The van der Waals surface area contributed by atoms with Crippen molar-refractivity contribution < 1.29 is 37.1 Å². The van der Waals surface area contributed by atoms with Crippen LogP contribution in [-0.2, 0) is 37.1 Å². The van der Waals surface area contributed by atoms with Gasteiger partial charge in [-0.2, -0.15) is 19.8 Å². The summed E-state index contributed by atoms with van der Waals surface area (Å²) in [5, 5.41) is 20.7. The van der Waals surface area contributed by atoms with Gasteiger partial charge in [-0.15, -0.1) is 81.2 Å². The van der Waals surface area contributed by atoms with E-state index in [9.17, 15) is 0 Å². The Labute approximate surface area is 352 Å². The number of nitrogens with zero attached hydrogens (tertiary/aromatic N) is 21. The Morgan fingerprint density at radius 1 is 0.340 bits per heavy atom.